The van der Waals surface area contributed by atoms with Crippen molar-refractivity contribution < 1.29 is 22.4 Å². The van der Waals surface area contributed by atoms with Crippen LogP contribution < -0.4 is 9.80 Å². The van der Waals surface area contributed by atoms with Crippen LogP contribution in [0, 0.1) is 17.6 Å². The first kappa shape index (κ1) is 19.8. The number of aromatic amines is 1. The number of piperidine rings is 1. The molecule has 0 radical (unpaired) electrons. The highest BCUT2D eigenvalue weighted by Crippen LogP contribution is 2.46. The SMILES string of the molecule is C[C@H]1C(=O)N(c2ccc3[nH]cnc3c2)[C@H]1c1c(F)cc(N2CCC(F)(F)CC2)cc1F. The predicted molar refractivity (Wildman–Crippen MR) is 108 cm³/mol. The number of anilines is 2. The van der Waals surface area contributed by atoms with Crippen LogP contribution in [0.4, 0.5) is 28.9 Å². The molecular weight excluding hydrogens is 412 g/mol. The van der Waals surface area contributed by atoms with Crippen LogP contribution in [-0.2, 0) is 4.79 Å². The molecule has 3 heterocycles. The molecule has 2 aliphatic heterocycles. The van der Waals surface area contributed by atoms with Gasteiger partial charge in [0, 0.05) is 42.9 Å². The topological polar surface area (TPSA) is 52.2 Å². The molecule has 31 heavy (non-hydrogen) atoms. The zero-order valence-electron chi connectivity index (χ0n) is 16.7. The van der Waals surface area contributed by atoms with Crippen LogP contribution in [0.3, 0.4) is 0 Å². The van der Waals surface area contributed by atoms with Crippen molar-refractivity contribution in [1.82, 2.24) is 9.97 Å². The van der Waals surface area contributed by atoms with E-state index in [0.29, 0.717) is 11.2 Å². The number of amides is 1. The Morgan fingerprint density at radius 2 is 1.74 bits per heavy atom. The van der Waals surface area contributed by atoms with Gasteiger partial charge in [0.25, 0.3) is 5.92 Å². The van der Waals surface area contributed by atoms with E-state index in [0.717, 1.165) is 5.52 Å². The number of carbonyl (C=O) groups excluding carboxylic acids is 1. The highest BCUT2D eigenvalue weighted by Gasteiger charge is 2.48. The maximum atomic E-state index is 15.1. The summed E-state index contributed by atoms with van der Waals surface area (Å²) in [5.74, 6) is -5.16. The van der Waals surface area contributed by atoms with Gasteiger partial charge in [-0.05, 0) is 30.3 Å². The monoisotopic (exact) mass is 432 g/mol. The fraction of sp³-hybridized carbons (Fsp3) is 0.364. The van der Waals surface area contributed by atoms with Crippen LogP contribution in [0.25, 0.3) is 11.0 Å². The smallest absolute Gasteiger partial charge is 0.251 e. The number of rotatable bonds is 3. The summed E-state index contributed by atoms with van der Waals surface area (Å²) in [4.78, 5) is 22.7. The number of halogens is 4. The van der Waals surface area contributed by atoms with E-state index in [2.05, 4.69) is 9.97 Å². The lowest BCUT2D eigenvalue weighted by Crippen LogP contribution is -2.54. The molecule has 1 amide bonds. The molecule has 2 fully saturated rings. The van der Waals surface area contributed by atoms with E-state index >= 15 is 8.78 Å². The first-order chi connectivity index (χ1) is 14.7. The number of benzene rings is 2. The van der Waals surface area contributed by atoms with E-state index in [4.69, 9.17) is 0 Å². The summed E-state index contributed by atoms with van der Waals surface area (Å²) in [5.41, 5.74) is 1.98. The Hall–Kier alpha value is -3.10. The third-order valence-electron chi connectivity index (χ3n) is 6.28. The molecule has 0 aliphatic carbocycles. The van der Waals surface area contributed by atoms with Crippen LogP contribution in [0.15, 0.2) is 36.7 Å². The average molecular weight is 432 g/mol. The second kappa shape index (κ2) is 6.96. The number of aromatic nitrogens is 2. The van der Waals surface area contributed by atoms with Crippen LogP contribution in [-0.4, -0.2) is 34.9 Å². The van der Waals surface area contributed by atoms with Crippen LogP contribution >= 0.6 is 0 Å². The minimum atomic E-state index is -2.74. The first-order valence-corrected chi connectivity index (χ1v) is 10.1. The maximum absolute atomic E-state index is 15.1. The number of hydrogen-bond donors (Lipinski definition) is 1. The Kier molecular flexibility index (Phi) is 4.46. The van der Waals surface area contributed by atoms with Crippen molar-refractivity contribution in [3.8, 4) is 0 Å². The third-order valence-corrected chi connectivity index (χ3v) is 6.28. The van der Waals surface area contributed by atoms with Gasteiger partial charge < -0.3 is 14.8 Å². The van der Waals surface area contributed by atoms with Gasteiger partial charge in [-0.2, -0.15) is 0 Å². The standard InChI is InChI=1S/C22H20F4N4O/c1-12-20(30(21(12)31)13-2-3-17-18(10-13)28-11-27-17)19-15(23)8-14(9-16(19)24)29-6-4-22(25,26)5-7-29/h2-3,8-12,20H,4-7H2,1H3,(H,27,28)/t12-,20-/m1/s1. The third kappa shape index (κ3) is 3.23. The van der Waals surface area contributed by atoms with Gasteiger partial charge in [0.15, 0.2) is 0 Å². The first-order valence-electron chi connectivity index (χ1n) is 10.1. The van der Waals surface area contributed by atoms with Crippen molar-refractivity contribution >= 4 is 28.3 Å². The minimum absolute atomic E-state index is 0.0271. The molecule has 0 unspecified atom stereocenters. The summed E-state index contributed by atoms with van der Waals surface area (Å²) in [5, 5.41) is 0. The van der Waals surface area contributed by atoms with Crippen molar-refractivity contribution in [2.75, 3.05) is 22.9 Å². The molecule has 2 atom stereocenters. The molecule has 0 saturated carbocycles. The lowest BCUT2D eigenvalue weighted by molar-refractivity contribution is -0.129. The number of carbonyl (C=O) groups is 1. The number of alkyl halides is 2. The van der Waals surface area contributed by atoms with Gasteiger partial charge in [-0.3, -0.25) is 4.79 Å². The summed E-state index contributed by atoms with van der Waals surface area (Å²) >= 11 is 0. The second-order valence-corrected chi connectivity index (χ2v) is 8.21. The summed E-state index contributed by atoms with van der Waals surface area (Å²) in [6.07, 6.45) is 0.826. The number of hydrogen-bond acceptors (Lipinski definition) is 3. The summed E-state index contributed by atoms with van der Waals surface area (Å²) in [7, 11) is 0. The Morgan fingerprint density at radius 1 is 1.06 bits per heavy atom. The molecule has 0 spiro atoms. The van der Waals surface area contributed by atoms with Crippen molar-refractivity contribution in [2.24, 2.45) is 5.92 Å². The summed E-state index contributed by atoms with van der Waals surface area (Å²) in [6.45, 7) is 1.69. The lowest BCUT2D eigenvalue weighted by atomic mass is 9.82. The number of H-pyrrole nitrogens is 1. The molecule has 2 aliphatic rings. The predicted octanol–water partition coefficient (Wildman–Crippen LogP) is 4.80. The van der Waals surface area contributed by atoms with Gasteiger partial charge in [0.2, 0.25) is 5.91 Å². The molecule has 1 aromatic heterocycles. The van der Waals surface area contributed by atoms with Crippen LogP contribution in [0.2, 0.25) is 0 Å². The second-order valence-electron chi connectivity index (χ2n) is 8.21. The number of imidazole rings is 1. The summed E-state index contributed by atoms with van der Waals surface area (Å²) < 4.78 is 57.1. The van der Waals surface area contributed by atoms with Crippen molar-refractivity contribution in [2.45, 2.75) is 31.7 Å². The average Bonchev–Trinajstić information content (AvgIpc) is 3.20. The quantitative estimate of drug-likeness (QED) is 0.478. The molecule has 162 valence electrons. The highest BCUT2D eigenvalue weighted by atomic mass is 19.3. The van der Waals surface area contributed by atoms with Gasteiger partial charge in [-0.25, -0.2) is 22.5 Å². The van der Waals surface area contributed by atoms with Crippen molar-refractivity contribution in [3.05, 3.63) is 53.9 Å². The van der Waals surface area contributed by atoms with Gasteiger partial charge in [0.1, 0.15) is 11.6 Å². The Labute approximate surface area is 175 Å². The molecule has 2 aromatic carbocycles. The Morgan fingerprint density at radius 3 is 2.42 bits per heavy atom. The highest BCUT2D eigenvalue weighted by molar-refractivity contribution is 6.04. The normalized spacial score (nSPS) is 23.3. The van der Waals surface area contributed by atoms with E-state index in [1.165, 1.54) is 23.4 Å². The molecule has 5 nitrogen and oxygen atoms in total. The molecule has 1 N–H and O–H groups in total. The van der Waals surface area contributed by atoms with E-state index in [1.54, 1.807) is 30.0 Å². The van der Waals surface area contributed by atoms with Crippen molar-refractivity contribution in [3.63, 3.8) is 0 Å². The molecule has 2 saturated heterocycles. The van der Waals surface area contributed by atoms with Crippen molar-refractivity contribution in [1.29, 1.82) is 0 Å². The van der Waals surface area contributed by atoms with Gasteiger partial charge >= 0.3 is 0 Å². The molecule has 0 bridgehead atoms. The Balaban J connectivity index is 1.47. The van der Waals surface area contributed by atoms with Gasteiger partial charge in [-0.15, -0.1) is 0 Å². The van der Waals surface area contributed by atoms with E-state index in [9.17, 15) is 13.6 Å². The Bertz CT molecular complexity index is 1140. The van der Waals surface area contributed by atoms with E-state index in [-0.39, 0.29) is 43.1 Å². The number of β-lactam (4-membered cyclic amide) rings is 1. The molecule has 3 aromatic rings. The maximum Gasteiger partial charge on any atom is 0.251 e. The summed E-state index contributed by atoms with van der Waals surface area (Å²) in [6, 6.07) is 6.70. The zero-order valence-corrected chi connectivity index (χ0v) is 16.7. The van der Waals surface area contributed by atoms with Gasteiger partial charge in [0.05, 0.1) is 29.3 Å². The fourth-order valence-corrected chi connectivity index (χ4v) is 4.50. The van der Waals surface area contributed by atoms with E-state index in [1.807, 2.05) is 0 Å². The largest absolute Gasteiger partial charge is 0.371 e. The molecule has 9 heteroatoms. The van der Waals surface area contributed by atoms with Gasteiger partial charge in [-0.1, -0.05) is 6.92 Å². The molecular formula is C22H20F4N4O. The number of nitrogens with zero attached hydrogens (tertiary/aromatic N) is 3. The molecule has 5 rings (SSSR count). The van der Waals surface area contributed by atoms with Crippen LogP contribution in [0.1, 0.15) is 31.4 Å². The van der Waals surface area contributed by atoms with E-state index < -0.39 is 29.5 Å². The minimum Gasteiger partial charge on any atom is -0.371 e. The number of fused-ring (bicyclic) bond motifs is 1. The fourth-order valence-electron chi connectivity index (χ4n) is 4.50. The number of nitrogens with one attached hydrogen (secondary N) is 1. The zero-order chi connectivity index (χ0) is 21.9. The lowest BCUT2D eigenvalue weighted by Gasteiger charge is -2.46. The van der Waals surface area contributed by atoms with Crippen LogP contribution in [0.5, 0.6) is 0 Å².